The molecule has 9 nitrogen and oxygen atoms in total. The van der Waals surface area contributed by atoms with E-state index in [1.54, 1.807) is 54.6 Å². The number of nitrogens with zero attached hydrogens (tertiary/aromatic N) is 1. The van der Waals surface area contributed by atoms with E-state index in [0.717, 1.165) is 11.6 Å². The monoisotopic (exact) mass is 487 g/mol. The summed E-state index contributed by atoms with van der Waals surface area (Å²) in [7, 11) is 0. The molecule has 174 valence electrons. The fourth-order valence-electron chi connectivity index (χ4n) is 3.17. The summed E-state index contributed by atoms with van der Waals surface area (Å²) in [5, 5.41) is 10.1. The minimum atomic E-state index is -1.08. The van der Waals surface area contributed by atoms with Gasteiger partial charge in [-0.25, -0.2) is 5.43 Å². The molecule has 0 aliphatic heterocycles. The topological polar surface area (TPSA) is 133 Å². The van der Waals surface area contributed by atoms with Crippen LogP contribution in [0.2, 0.25) is 5.02 Å². The molecular formula is C25H18ClN5O4. The summed E-state index contributed by atoms with van der Waals surface area (Å²) in [5.41, 5.74) is 3.33. The smallest absolute Gasteiger partial charge is 0.322 e. The summed E-state index contributed by atoms with van der Waals surface area (Å²) < 4.78 is 0. The third-order valence-electron chi connectivity index (χ3n) is 4.88. The van der Waals surface area contributed by atoms with Crippen LogP contribution in [0.1, 0.15) is 15.9 Å². The number of pyridine rings is 1. The third kappa shape index (κ3) is 5.79. The largest absolute Gasteiger partial charge is 0.329 e. The van der Waals surface area contributed by atoms with Gasteiger partial charge in [-0.15, -0.1) is 0 Å². The Balaban J connectivity index is 1.41. The van der Waals surface area contributed by atoms with Gasteiger partial charge in [-0.1, -0.05) is 41.9 Å². The number of benzene rings is 3. The van der Waals surface area contributed by atoms with Crippen molar-refractivity contribution in [3.63, 3.8) is 0 Å². The van der Waals surface area contributed by atoms with Gasteiger partial charge in [0, 0.05) is 16.2 Å². The second-order valence-corrected chi connectivity index (χ2v) is 7.74. The zero-order valence-electron chi connectivity index (χ0n) is 18.0. The van der Waals surface area contributed by atoms with E-state index >= 15 is 0 Å². The lowest BCUT2D eigenvalue weighted by molar-refractivity contribution is -0.136. The van der Waals surface area contributed by atoms with Gasteiger partial charge in [-0.2, -0.15) is 5.10 Å². The van der Waals surface area contributed by atoms with Crippen molar-refractivity contribution < 1.29 is 14.4 Å². The van der Waals surface area contributed by atoms with Crippen molar-refractivity contribution in [2.75, 3.05) is 10.6 Å². The molecular weight excluding hydrogens is 470 g/mol. The maximum Gasteiger partial charge on any atom is 0.329 e. The molecule has 0 aliphatic rings. The summed E-state index contributed by atoms with van der Waals surface area (Å²) in [6, 6.07) is 21.5. The van der Waals surface area contributed by atoms with Crippen LogP contribution in [0.3, 0.4) is 0 Å². The Hall–Kier alpha value is -4.76. The second kappa shape index (κ2) is 10.4. The molecule has 35 heavy (non-hydrogen) atoms. The third-order valence-corrected chi connectivity index (χ3v) is 5.13. The predicted octanol–water partition coefficient (Wildman–Crippen LogP) is 3.52. The number of halogens is 1. The number of rotatable bonds is 5. The Morgan fingerprint density at radius 2 is 1.57 bits per heavy atom. The number of fused-ring (bicyclic) bond motifs is 1. The van der Waals surface area contributed by atoms with Crippen molar-refractivity contribution in [2.24, 2.45) is 5.10 Å². The molecule has 3 amide bonds. The Morgan fingerprint density at radius 3 is 2.37 bits per heavy atom. The van der Waals surface area contributed by atoms with Crippen LogP contribution in [0.4, 0.5) is 11.4 Å². The number of nitrogens with one attached hydrogen (secondary N) is 4. The van der Waals surface area contributed by atoms with Gasteiger partial charge in [0.1, 0.15) is 0 Å². The number of hydrogen-bond acceptors (Lipinski definition) is 5. The van der Waals surface area contributed by atoms with E-state index in [-0.39, 0.29) is 16.8 Å². The molecule has 0 aliphatic carbocycles. The molecule has 4 rings (SSSR count). The maximum atomic E-state index is 12.7. The summed E-state index contributed by atoms with van der Waals surface area (Å²) in [4.78, 5) is 52.1. The number of carbonyl (C=O) groups excluding carboxylic acids is 3. The number of amides is 3. The predicted molar refractivity (Wildman–Crippen MR) is 135 cm³/mol. The van der Waals surface area contributed by atoms with Gasteiger partial charge in [-0.05, 0) is 53.9 Å². The summed E-state index contributed by atoms with van der Waals surface area (Å²) in [6.07, 6.45) is 1.14. The minimum absolute atomic E-state index is 0.133. The molecule has 0 fully saturated rings. The fraction of sp³-hybridized carbons (Fsp3) is 0. The van der Waals surface area contributed by atoms with E-state index in [1.165, 1.54) is 12.1 Å². The number of H-pyrrole nitrogens is 1. The number of para-hydroxylation sites is 2. The first-order chi connectivity index (χ1) is 16.9. The van der Waals surface area contributed by atoms with Gasteiger partial charge in [0.15, 0.2) is 0 Å². The molecule has 4 N–H and O–H groups in total. The van der Waals surface area contributed by atoms with Crippen LogP contribution in [0.25, 0.3) is 10.9 Å². The van der Waals surface area contributed by atoms with Crippen LogP contribution < -0.4 is 21.6 Å². The molecule has 4 aromatic rings. The van der Waals surface area contributed by atoms with Crippen LogP contribution in [-0.2, 0) is 9.59 Å². The first-order valence-corrected chi connectivity index (χ1v) is 10.7. The summed E-state index contributed by atoms with van der Waals surface area (Å²) in [6.45, 7) is 0. The lowest BCUT2D eigenvalue weighted by atomic mass is 10.1. The number of anilines is 2. The average molecular weight is 488 g/mol. The molecule has 0 saturated carbocycles. The van der Waals surface area contributed by atoms with Crippen LogP contribution in [-0.4, -0.2) is 28.9 Å². The highest BCUT2D eigenvalue weighted by atomic mass is 35.5. The second-order valence-electron chi connectivity index (χ2n) is 7.30. The van der Waals surface area contributed by atoms with E-state index in [9.17, 15) is 19.2 Å². The van der Waals surface area contributed by atoms with Gasteiger partial charge < -0.3 is 15.6 Å². The first-order valence-electron chi connectivity index (χ1n) is 10.3. The molecule has 1 aromatic heterocycles. The van der Waals surface area contributed by atoms with Gasteiger partial charge in [0.25, 0.3) is 11.5 Å². The standard InChI is InChI=1S/C25H18ClN5O4/c26-17-9-11-18(12-10-17)28-23(33)19-6-2-4-8-21(19)30-24(34)25(35)31-27-14-16-13-15-5-1-3-7-20(15)29-22(16)32/h1-14H,(H,28,33)(H,29,32)(H,30,34)(H,31,35)/b27-14+. The van der Waals surface area contributed by atoms with Crippen molar-refractivity contribution >= 4 is 57.8 Å². The van der Waals surface area contributed by atoms with Gasteiger partial charge in [-0.3, -0.25) is 19.2 Å². The Bertz CT molecular complexity index is 1510. The van der Waals surface area contributed by atoms with Crippen LogP contribution in [0.5, 0.6) is 0 Å². The molecule has 0 saturated heterocycles. The number of aromatic amines is 1. The highest BCUT2D eigenvalue weighted by Crippen LogP contribution is 2.19. The number of aromatic nitrogens is 1. The van der Waals surface area contributed by atoms with E-state index in [4.69, 9.17) is 11.6 Å². The van der Waals surface area contributed by atoms with Gasteiger partial charge >= 0.3 is 11.8 Å². The zero-order chi connectivity index (χ0) is 24.8. The van der Waals surface area contributed by atoms with Crippen molar-refractivity contribution in [1.82, 2.24) is 10.4 Å². The fourth-order valence-corrected chi connectivity index (χ4v) is 3.30. The van der Waals surface area contributed by atoms with Gasteiger partial charge in [0.2, 0.25) is 0 Å². The Labute approximate surface area is 203 Å². The quantitative estimate of drug-likeness (QED) is 0.195. The van der Waals surface area contributed by atoms with Gasteiger partial charge in [0.05, 0.1) is 23.0 Å². The van der Waals surface area contributed by atoms with Crippen molar-refractivity contribution in [2.45, 2.75) is 0 Å². The van der Waals surface area contributed by atoms with Crippen molar-refractivity contribution in [3.05, 3.63) is 105 Å². The molecule has 10 heteroatoms. The van der Waals surface area contributed by atoms with E-state index in [1.807, 2.05) is 12.1 Å². The SMILES string of the molecule is O=C(N/N=C/c1cc2ccccc2[nH]c1=O)C(=O)Nc1ccccc1C(=O)Nc1ccc(Cl)cc1. The van der Waals surface area contributed by atoms with Crippen LogP contribution in [0, 0.1) is 0 Å². The molecule has 0 radical (unpaired) electrons. The lowest BCUT2D eigenvalue weighted by Gasteiger charge is -2.11. The summed E-state index contributed by atoms with van der Waals surface area (Å²) in [5.74, 6) is -2.61. The summed E-state index contributed by atoms with van der Waals surface area (Å²) >= 11 is 5.85. The average Bonchev–Trinajstić information content (AvgIpc) is 2.86. The molecule has 0 unspecified atom stereocenters. The molecule has 3 aromatic carbocycles. The first kappa shape index (κ1) is 23.4. The van der Waals surface area contributed by atoms with Crippen LogP contribution >= 0.6 is 11.6 Å². The number of carbonyl (C=O) groups is 3. The minimum Gasteiger partial charge on any atom is -0.322 e. The van der Waals surface area contributed by atoms with E-state index in [0.29, 0.717) is 16.2 Å². The molecule has 0 bridgehead atoms. The normalized spacial score (nSPS) is 10.8. The van der Waals surface area contributed by atoms with Crippen molar-refractivity contribution in [3.8, 4) is 0 Å². The zero-order valence-corrected chi connectivity index (χ0v) is 18.8. The Morgan fingerprint density at radius 1 is 0.857 bits per heavy atom. The lowest BCUT2D eigenvalue weighted by Crippen LogP contribution is -2.33. The van der Waals surface area contributed by atoms with E-state index in [2.05, 4.69) is 26.1 Å². The highest BCUT2D eigenvalue weighted by Gasteiger charge is 2.18. The van der Waals surface area contributed by atoms with Crippen molar-refractivity contribution in [1.29, 1.82) is 0 Å². The maximum absolute atomic E-state index is 12.7. The number of hydrazone groups is 1. The molecule has 0 atom stereocenters. The Kier molecular flexibility index (Phi) is 6.99. The number of hydrogen-bond donors (Lipinski definition) is 4. The van der Waals surface area contributed by atoms with E-state index < -0.39 is 23.3 Å². The van der Waals surface area contributed by atoms with Crippen LogP contribution in [0.15, 0.2) is 88.8 Å². The molecule has 1 heterocycles. The molecule has 0 spiro atoms. The highest BCUT2D eigenvalue weighted by molar-refractivity contribution is 6.40.